The Morgan fingerprint density at radius 2 is 2.17 bits per heavy atom. The van der Waals surface area contributed by atoms with E-state index in [1.165, 1.54) is 24.2 Å². The van der Waals surface area contributed by atoms with E-state index in [4.69, 9.17) is 0 Å². The minimum atomic E-state index is -2.82. The molecule has 0 spiro atoms. The van der Waals surface area contributed by atoms with Crippen molar-refractivity contribution in [2.24, 2.45) is 0 Å². The van der Waals surface area contributed by atoms with Gasteiger partial charge in [-0.25, -0.2) is 15.0 Å². The van der Waals surface area contributed by atoms with Crippen molar-refractivity contribution < 1.29 is 13.5 Å². The summed E-state index contributed by atoms with van der Waals surface area (Å²) in [6.45, 7) is -2.82. The average molecular weight is 371 g/mol. The molecule has 0 saturated heterocycles. The fourth-order valence-electron chi connectivity index (χ4n) is 1.87. The lowest BCUT2D eigenvalue weighted by Crippen LogP contribution is -2.01. The van der Waals surface area contributed by atoms with Crippen LogP contribution in [-0.2, 0) is 5.75 Å². The van der Waals surface area contributed by atoms with Crippen LogP contribution in [0.3, 0.4) is 0 Å². The Balaban J connectivity index is 1.77. The van der Waals surface area contributed by atoms with Gasteiger partial charge in [-0.3, -0.25) is 0 Å². The number of rotatable bonds is 6. The molecule has 0 radical (unpaired) electrons. The molecule has 0 N–H and O–H groups in total. The van der Waals surface area contributed by atoms with Crippen molar-refractivity contribution in [3.05, 3.63) is 36.2 Å². The van der Waals surface area contributed by atoms with Crippen molar-refractivity contribution in [1.82, 2.24) is 15.0 Å². The molecule has 0 aliphatic carbocycles. The molecule has 3 rings (SSSR count). The molecule has 4 nitrogen and oxygen atoms in total. The van der Waals surface area contributed by atoms with Gasteiger partial charge in [0.15, 0.2) is 9.99 Å². The van der Waals surface area contributed by atoms with Crippen LogP contribution in [0.25, 0.3) is 10.3 Å². The second kappa shape index (κ2) is 7.41. The fraction of sp³-hybridized carbons (Fsp3) is 0.214. The predicted octanol–water partition coefficient (Wildman–Crippen LogP) is 4.70. The number of hydrogen-bond acceptors (Lipinski definition) is 7. The normalized spacial score (nSPS) is 11.3. The monoisotopic (exact) mass is 371 g/mol. The maximum atomic E-state index is 12.3. The third-order valence-corrected chi connectivity index (χ3v) is 6.04. The van der Waals surface area contributed by atoms with E-state index in [9.17, 15) is 8.78 Å². The number of hydrogen-bond donors (Lipinski definition) is 0. The minimum Gasteiger partial charge on any atom is -0.435 e. The van der Waals surface area contributed by atoms with Gasteiger partial charge in [-0.05, 0) is 24.0 Å². The number of ether oxygens (including phenoxy) is 1. The van der Waals surface area contributed by atoms with Crippen molar-refractivity contribution in [1.29, 1.82) is 0 Å². The van der Waals surface area contributed by atoms with E-state index in [1.807, 2.05) is 12.3 Å². The lowest BCUT2D eigenvalue weighted by atomic mass is 10.2. The second-order valence-electron chi connectivity index (χ2n) is 4.33. The zero-order valence-corrected chi connectivity index (χ0v) is 14.4. The SMILES string of the molecule is CSc1nc2ncnc(SCc3cccc(OC(F)F)c3)c2s1. The Morgan fingerprint density at radius 3 is 2.96 bits per heavy atom. The number of thiazole rings is 1. The molecule has 0 amide bonds. The molecular formula is C14H11F2N3OS3. The van der Waals surface area contributed by atoms with Gasteiger partial charge in [-0.1, -0.05) is 23.9 Å². The number of fused-ring (bicyclic) bond motifs is 1. The fourth-order valence-corrected chi connectivity index (χ4v) is 4.39. The quantitative estimate of drug-likeness (QED) is 0.462. The van der Waals surface area contributed by atoms with Crippen LogP contribution in [0.1, 0.15) is 5.56 Å². The summed E-state index contributed by atoms with van der Waals surface area (Å²) in [6.07, 6.45) is 3.46. The number of thioether (sulfide) groups is 2. The van der Waals surface area contributed by atoms with E-state index >= 15 is 0 Å². The molecule has 0 aliphatic heterocycles. The Morgan fingerprint density at radius 1 is 1.30 bits per heavy atom. The number of nitrogens with zero attached hydrogens (tertiary/aromatic N) is 3. The largest absolute Gasteiger partial charge is 0.435 e. The van der Waals surface area contributed by atoms with Crippen LogP contribution < -0.4 is 4.74 Å². The zero-order chi connectivity index (χ0) is 16.2. The maximum Gasteiger partial charge on any atom is 0.387 e. The standard InChI is InChI=1S/C14H11F2N3OS3/c1-21-14-19-11-10(23-14)12(18-7-17-11)22-6-8-3-2-4-9(5-8)20-13(15)16/h2-5,7,13H,6H2,1H3. The van der Waals surface area contributed by atoms with Crippen molar-refractivity contribution in [3.63, 3.8) is 0 Å². The van der Waals surface area contributed by atoms with E-state index in [0.717, 1.165) is 19.6 Å². The van der Waals surface area contributed by atoms with Crippen LogP contribution in [0.2, 0.25) is 0 Å². The van der Waals surface area contributed by atoms with Crippen molar-refractivity contribution in [3.8, 4) is 5.75 Å². The summed E-state index contributed by atoms with van der Waals surface area (Å²) < 4.78 is 30.8. The second-order valence-corrected chi connectivity index (χ2v) is 7.35. The molecule has 120 valence electrons. The van der Waals surface area contributed by atoms with Crippen LogP contribution in [0.4, 0.5) is 8.78 Å². The Hall–Kier alpha value is -1.45. The number of benzene rings is 1. The van der Waals surface area contributed by atoms with Gasteiger partial charge < -0.3 is 4.74 Å². The highest BCUT2D eigenvalue weighted by molar-refractivity contribution is 8.00. The Kier molecular flexibility index (Phi) is 5.29. The molecule has 0 unspecified atom stereocenters. The molecular weight excluding hydrogens is 360 g/mol. The zero-order valence-electron chi connectivity index (χ0n) is 11.9. The topological polar surface area (TPSA) is 47.9 Å². The molecule has 0 saturated carbocycles. The van der Waals surface area contributed by atoms with Crippen LogP contribution in [0.15, 0.2) is 40.0 Å². The summed E-state index contributed by atoms with van der Waals surface area (Å²) in [7, 11) is 0. The van der Waals surface area contributed by atoms with E-state index in [2.05, 4.69) is 19.7 Å². The molecule has 1 aromatic carbocycles. The van der Waals surface area contributed by atoms with Crippen LogP contribution in [-0.4, -0.2) is 27.8 Å². The molecule has 23 heavy (non-hydrogen) atoms. The number of aromatic nitrogens is 3. The van der Waals surface area contributed by atoms with E-state index in [1.54, 1.807) is 35.2 Å². The van der Waals surface area contributed by atoms with Crippen LogP contribution in [0, 0.1) is 0 Å². The predicted molar refractivity (Wildman–Crippen MR) is 89.6 cm³/mol. The summed E-state index contributed by atoms with van der Waals surface area (Å²) in [5.41, 5.74) is 1.57. The molecule has 2 aromatic heterocycles. The minimum absolute atomic E-state index is 0.161. The van der Waals surface area contributed by atoms with E-state index < -0.39 is 6.61 Å². The number of alkyl halides is 2. The van der Waals surface area contributed by atoms with Gasteiger partial charge >= 0.3 is 6.61 Å². The third-order valence-electron chi connectivity index (χ3n) is 2.81. The molecule has 3 aromatic rings. The molecule has 2 heterocycles. The van der Waals surface area contributed by atoms with Gasteiger partial charge in [0.1, 0.15) is 21.8 Å². The van der Waals surface area contributed by atoms with Gasteiger partial charge in [-0.2, -0.15) is 8.78 Å². The highest BCUT2D eigenvalue weighted by atomic mass is 32.2. The van der Waals surface area contributed by atoms with E-state index in [-0.39, 0.29) is 5.75 Å². The lowest BCUT2D eigenvalue weighted by Gasteiger charge is -2.06. The summed E-state index contributed by atoms with van der Waals surface area (Å²) in [6, 6.07) is 6.68. The smallest absolute Gasteiger partial charge is 0.387 e. The lowest BCUT2D eigenvalue weighted by molar-refractivity contribution is -0.0498. The molecule has 0 fully saturated rings. The summed E-state index contributed by atoms with van der Waals surface area (Å²) in [5.74, 6) is 0.757. The van der Waals surface area contributed by atoms with Crippen LogP contribution >= 0.6 is 34.9 Å². The van der Waals surface area contributed by atoms with Crippen molar-refractivity contribution in [2.45, 2.75) is 21.7 Å². The molecule has 0 aliphatic rings. The van der Waals surface area contributed by atoms with Gasteiger partial charge in [-0.15, -0.1) is 23.1 Å². The van der Waals surface area contributed by atoms with E-state index in [0.29, 0.717) is 11.4 Å². The van der Waals surface area contributed by atoms with Gasteiger partial charge in [0, 0.05) is 5.75 Å². The molecule has 0 atom stereocenters. The Labute approximate surface area is 143 Å². The first-order chi connectivity index (χ1) is 11.2. The van der Waals surface area contributed by atoms with Gasteiger partial charge in [0.05, 0.1) is 0 Å². The number of halogens is 2. The molecule has 9 heteroatoms. The van der Waals surface area contributed by atoms with Crippen molar-refractivity contribution in [2.75, 3.05) is 6.26 Å². The van der Waals surface area contributed by atoms with Crippen molar-refractivity contribution >= 4 is 45.2 Å². The highest BCUT2D eigenvalue weighted by Gasteiger charge is 2.11. The molecule has 0 bridgehead atoms. The third kappa shape index (κ3) is 4.10. The van der Waals surface area contributed by atoms with Gasteiger partial charge in [0.25, 0.3) is 0 Å². The maximum absolute atomic E-state index is 12.3. The summed E-state index contributed by atoms with van der Waals surface area (Å²) in [5, 5.41) is 0.841. The highest BCUT2D eigenvalue weighted by Crippen LogP contribution is 2.34. The first-order valence-corrected chi connectivity index (χ1v) is 9.50. The summed E-state index contributed by atoms with van der Waals surface area (Å²) >= 11 is 4.64. The first kappa shape index (κ1) is 16.4. The average Bonchev–Trinajstić information content (AvgIpc) is 2.96. The van der Waals surface area contributed by atoms with Gasteiger partial charge in [0.2, 0.25) is 0 Å². The Bertz CT molecular complexity index is 813. The first-order valence-electron chi connectivity index (χ1n) is 6.48. The van der Waals surface area contributed by atoms with Crippen LogP contribution in [0.5, 0.6) is 5.75 Å². The summed E-state index contributed by atoms with van der Waals surface area (Å²) in [4.78, 5) is 12.9.